The lowest BCUT2D eigenvalue weighted by Crippen LogP contribution is -2.41. The van der Waals surface area contributed by atoms with Crippen molar-refractivity contribution >= 4 is 0 Å². The molecule has 2 rings (SSSR count). The van der Waals surface area contributed by atoms with Crippen LogP contribution in [-0.2, 0) is 0 Å². The Labute approximate surface area is 127 Å². The largest absolute Gasteiger partial charge is 0.314 e. The molecule has 0 aromatic rings. The van der Waals surface area contributed by atoms with Crippen molar-refractivity contribution in [1.29, 1.82) is 0 Å². The first-order valence-corrected chi connectivity index (χ1v) is 9.58. The van der Waals surface area contributed by atoms with Gasteiger partial charge in [-0.3, -0.25) is 0 Å². The summed E-state index contributed by atoms with van der Waals surface area (Å²) in [5.74, 6) is 3.16. The number of hydrogen-bond acceptors (Lipinski definition) is 1. The van der Waals surface area contributed by atoms with Gasteiger partial charge in [-0.15, -0.1) is 0 Å². The van der Waals surface area contributed by atoms with E-state index in [0.717, 1.165) is 30.3 Å². The molecule has 1 nitrogen and oxygen atoms in total. The highest BCUT2D eigenvalue weighted by Crippen LogP contribution is 2.44. The van der Waals surface area contributed by atoms with Crippen LogP contribution in [0.15, 0.2) is 0 Å². The molecule has 0 spiro atoms. The van der Waals surface area contributed by atoms with Gasteiger partial charge in [-0.2, -0.15) is 0 Å². The van der Waals surface area contributed by atoms with Crippen LogP contribution in [-0.4, -0.2) is 12.6 Å². The normalized spacial score (nSPS) is 31.8. The molecule has 2 aliphatic carbocycles. The van der Waals surface area contributed by atoms with E-state index >= 15 is 0 Å². The third-order valence-electron chi connectivity index (χ3n) is 5.98. The van der Waals surface area contributed by atoms with Crippen LogP contribution in [0.1, 0.15) is 90.9 Å². The second-order valence-electron chi connectivity index (χ2n) is 7.39. The van der Waals surface area contributed by atoms with Crippen LogP contribution in [0.4, 0.5) is 0 Å². The zero-order chi connectivity index (χ0) is 14.2. The quantitative estimate of drug-likeness (QED) is 0.575. The fourth-order valence-corrected chi connectivity index (χ4v) is 4.83. The van der Waals surface area contributed by atoms with Gasteiger partial charge in [0.05, 0.1) is 0 Å². The Kier molecular flexibility index (Phi) is 7.41. The van der Waals surface area contributed by atoms with Gasteiger partial charge < -0.3 is 5.32 Å². The molecule has 4 unspecified atom stereocenters. The Morgan fingerprint density at radius 2 is 1.70 bits per heavy atom. The summed E-state index contributed by atoms with van der Waals surface area (Å²) in [5, 5.41) is 3.82. The maximum absolute atomic E-state index is 3.82. The molecule has 0 bridgehead atoms. The van der Waals surface area contributed by atoms with Crippen molar-refractivity contribution < 1.29 is 0 Å². The van der Waals surface area contributed by atoms with Gasteiger partial charge in [0.25, 0.3) is 0 Å². The molecule has 4 atom stereocenters. The number of nitrogens with one attached hydrogen (secondary N) is 1. The molecule has 0 aromatic carbocycles. The summed E-state index contributed by atoms with van der Waals surface area (Å²) >= 11 is 0. The van der Waals surface area contributed by atoms with E-state index in [4.69, 9.17) is 0 Å². The summed E-state index contributed by atoms with van der Waals surface area (Å²) < 4.78 is 0. The van der Waals surface area contributed by atoms with Gasteiger partial charge in [-0.25, -0.2) is 0 Å². The molecule has 1 heteroatoms. The molecule has 0 aliphatic heterocycles. The van der Waals surface area contributed by atoms with Crippen molar-refractivity contribution in [1.82, 2.24) is 5.32 Å². The van der Waals surface area contributed by atoms with Gasteiger partial charge >= 0.3 is 0 Å². The molecule has 0 radical (unpaired) electrons. The fourth-order valence-electron chi connectivity index (χ4n) is 4.83. The highest BCUT2D eigenvalue weighted by molar-refractivity contribution is 4.88. The van der Waals surface area contributed by atoms with Crippen LogP contribution in [0.5, 0.6) is 0 Å². The van der Waals surface area contributed by atoms with Crippen LogP contribution in [0, 0.1) is 17.8 Å². The standard InChI is InChI=1S/C19H37N/c1-3-5-6-7-12-19(20-4-2)18-14-13-16-10-8-9-11-17(16)15-18/h16-20H,3-15H2,1-2H3. The average Bonchev–Trinajstić information content (AvgIpc) is 2.50. The molecule has 0 aromatic heterocycles. The fraction of sp³-hybridized carbons (Fsp3) is 1.00. The van der Waals surface area contributed by atoms with Gasteiger partial charge in [-0.1, -0.05) is 65.2 Å². The number of fused-ring (bicyclic) bond motifs is 1. The molecule has 0 amide bonds. The van der Waals surface area contributed by atoms with E-state index in [0.29, 0.717) is 0 Å². The number of hydrogen-bond donors (Lipinski definition) is 1. The summed E-state index contributed by atoms with van der Waals surface area (Å²) in [4.78, 5) is 0. The summed E-state index contributed by atoms with van der Waals surface area (Å²) in [7, 11) is 0. The molecule has 0 heterocycles. The Morgan fingerprint density at radius 3 is 2.45 bits per heavy atom. The molecule has 2 saturated carbocycles. The molecular formula is C19H37N. The predicted molar refractivity (Wildman–Crippen MR) is 89.0 cm³/mol. The van der Waals surface area contributed by atoms with Gasteiger partial charge in [0.1, 0.15) is 0 Å². The molecule has 2 aliphatic rings. The lowest BCUT2D eigenvalue weighted by molar-refractivity contribution is 0.107. The first-order valence-electron chi connectivity index (χ1n) is 9.58. The smallest absolute Gasteiger partial charge is 0.00953 e. The second-order valence-corrected chi connectivity index (χ2v) is 7.39. The third kappa shape index (κ3) is 4.76. The van der Waals surface area contributed by atoms with Crippen molar-refractivity contribution in [2.24, 2.45) is 17.8 Å². The molecular weight excluding hydrogens is 242 g/mol. The van der Waals surface area contributed by atoms with Crippen LogP contribution < -0.4 is 5.32 Å². The average molecular weight is 280 g/mol. The first-order chi connectivity index (χ1) is 9.85. The first kappa shape index (κ1) is 16.3. The number of unbranched alkanes of at least 4 members (excludes halogenated alkanes) is 3. The van der Waals surface area contributed by atoms with Crippen LogP contribution >= 0.6 is 0 Å². The molecule has 20 heavy (non-hydrogen) atoms. The third-order valence-corrected chi connectivity index (χ3v) is 5.98. The van der Waals surface area contributed by atoms with Crippen molar-refractivity contribution in [3.63, 3.8) is 0 Å². The SMILES string of the molecule is CCCCCCC(NCC)C1CCC2CCCCC2C1. The van der Waals surface area contributed by atoms with E-state index in [1.807, 2.05) is 0 Å². The molecule has 1 N–H and O–H groups in total. The van der Waals surface area contributed by atoms with Gasteiger partial charge in [0.2, 0.25) is 0 Å². The number of rotatable bonds is 8. The lowest BCUT2D eigenvalue weighted by atomic mass is 9.65. The van der Waals surface area contributed by atoms with E-state index in [1.165, 1.54) is 70.6 Å². The Bertz CT molecular complexity index is 250. The van der Waals surface area contributed by atoms with E-state index in [9.17, 15) is 0 Å². The lowest BCUT2D eigenvalue weighted by Gasteiger charge is -2.42. The Balaban J connectivity index is 1.79. The second kappa shape index (κ2) is 9.07. The Morgan fingerprint density at radius 1 is 0.900 bits per heavy atom. The van der Waals surface area contributed by atoms with E-state index in [2.05, 4.69) is 19.2 Å². The molecule has 2 fully saturated rings. The van der Waals surface area contributed by atoms with Crippen molar-refractivity contribution in [3.05, 3.63) is 0 Å². The molecule has 0 saturated heterocycles. The maximum Gasteiger partial charge on any atom is 0.00953 e. The van der Waals surface area contributed by atoms with Crippen LogP contribution in [0.2, 0.25) is 0 Å². The van der Waals surface area contributed by atoms with E-state index in [1.54, 1.807) is 6.42 Å². The van der Waals surface area contributed by atoms with Crippen LogP contribution in [0.25, 0.3) is 0 Å². The van der Waals surface area contributed by atoms with Crippen molar-refractivity contribution in [3.8, 4) is 0 Å². The van der Waals surface area contributed by atoms with Crippen molar-refractivity contribution in [2.45, 2.75) is 96.9 Å². The zero-order valence-corrected chi connectivity index (χ0v) is 14.0. The molecule has 118 valence electrons. The maximum atomic E-state index is 3.82. The predicted octanol–water partition coefficient (Wildman–Crippen LogP) is 5.54. The van der Waals surface area contributed by atoms with Gasteiger partial charge in [0.15, 0.2) is 0 Å². The minimum atomic E-state index is 0.819. The highest BCUT2D eigenvalue weighted by Gasteiger charge is 2.34. The summed E-state index contributed by atoms with van der Waals surface area (Å²) in [6.45, 7) is 5.75. The Hall–Kier alpha value is -0.0400. The topological polar surface area (TPSA) is 12.0 Å². The van der Waals surface area contributed by atoms with E-state index < -0.39 is 0 Å². The minimum Gasteiger partial charge on any atom is -0.314 e. The highest BCUT2D eigenvalue weighted by atomic mass is 14.9. The van der Waals surface area contributed by atoms with Crippen LogP contribution in [0.3, 0.4) is 0 Å². The summed E-state index contributed by atoms with van der Waals surface area (Å²) in [6, 6.07) is 0.819. The zero-order valence-electron chi connectivity index (χ0n) is 14.0. The van der Waals surface area contributed by atoms with Crippen molar-refractivity contribution in [2.75, 3.05) is 6.54 Å². The van der Waals surface area contributed by atoms with Gasteiger partial charge in [-0.05, 0) is 50.0 Å². The monoisotopic (exact) mass is 279 g/mol. The van der Waals surface area contributed by atoms with Gasteiger partial charge in [0, 0.05) is 6.04 Å². The minimum absolute atomic E-state index is 0.819. The summed E-state index contributed by atoms with van der Waals surface area (Å²) in [6.07, 6.45) is 17.8. The summed E-state index contributed by atoms with van der Waals surface area (Å²) in [5.41, 5.74) is 0. The van der Waals surface area contributed by atoms with E-state index in [-0.39, 0.29) is 0 Å².